The van der Waals surface area contributed by atoms with E-state index >= 15 is 0 Å². The molecule has 0 unspecified atom stereocenters. The quantitative estimate of drug-likeness (QED) is 0.588. The molecule has 0 aliphatic heterocycles. The van der Waals surface area contributed by atoms with Crippen LogP contribution in [0.4, 0.5) is 5.95 Å². The lowest BCUT2D eigenvalue weighted by Crippen LogP contribution is -2.27. The van der Waals surface area contributed by atoms with Gasteiger partial charge in [-0.1, -0.05) is 18.2 Å². The highest BCUT2D eigenvalue weighted by atomic mass is 16.5. The largest absolute Gasteiger partial charge is 0.377 e. The summed E-state index contributed by atoms with van der Waals surface area (Å²) in [6.07, 6.45) is 1.47. The van der Waals surface area contributed by atoms with Crippen molar-refractivity contribution in [3.05, 3.63) is 48.0 Å². The molecule has 2 aromatic rings. The van der Waals surface area contributed by atoms with E-state index in [4.69, 9.17) is 9.47 Å². The van der Waals surface area contributed by atoms with Gasteiger partial charge in [0.15, 0.2) is 0 Å². The summed E-state index contributed by atoms with van der Waals surface area (Å²) >= 11 is 0. The Labute approximate surface area is 147 Å². The van der Waals surface area contributed by atoms with Crippen molar-refractivity contribution in [2.24, 2.45) is 0 Å². The molecular weight excluding hydrogens is 322 g/mol. The minimum Gasteiger partial charge on any atom is -0.377 e. The van der Waals surface area contributed by atoms with E-state index in [1.54, 1.807) is 12.1 Å². The molecular formula is C17H23N5O3. The fraction of sp³-hybridized carbons (Fsp3) is 0.412. The van der Waals surface area contributed by atoms with Crippen LogP contribution in [0.25, 0.3) is 0 Å². The lowest BCUT2D eigenvalue weighted by Gasteiger charge is -2.08. The average molecular weight is 345 g/mol. The zero-order chi connectivity index (χ0) is 17.7. The summed E-state index contributed by atoms with van der Waals surface area (Å²) in [5.41, 5.74) is 0.645. The van der Waals surface area contributed by atoms with Crippen LogP contribution in [-0.2, 0) is 9.47 Å². The number of ether oxygens (including phenoxy) is 2. The molecule has 0 spiro atoms. The number of aryl methyl sites for hydroxylation is 1. The molecule has 0 fully saturated rings. The standard InChI is InChI=1S/C17H23N5O3/c1-14-20-13-21-17(22-14)19-8-10-25-12-11-24-9-7-18-16(23)15-5-3-2-4-6-15/h2-6,13H,7-12H2,1H3,(H,18,23)(H,19,20,21,22). The Morgan fingerprint density at radius 1 is 1.00 bits per heavy atom. The molecule has 1 amide bonds. The molecule has 8 heteroatoms. The van der Waals surface area contributed by atoms with Crippen LogP contribution in [0.3, 0.4) is 0 Å². The Morgan fingerprint density at radius 3 is 2.44 bits per heavy atom. The Bertz CT molecular complexity index is 639. The van der Waals surface area contributed by atoms with Gasteiger partial charge in [0.2, 0.25) is 5.95 Å². The minimum atomic E-state index is -0.0971. The molecule has 0 aliphatic rings. The molecule has 0 atom stereocenters. The maximum atomic E-state index is 11.8. The van der Waals surface area contributed by atoms with E-state index in [-0.39, 0.29) is 5.91 Å². The monoisotopic (exact) mass is 345 g/mol. The van der Waals surface area contributed by atoms with E-state index in [2.05, 4.69) is 25.6 Å². The third-order valence-corrected chi connectivity index (χ3v) is 3.16. The number of benzene rings is 1. The Kier molecular flexibility index (Phi) is 8.30. The first kappa shape index (κ1) is 18.8. The van der Waals surface area contributed by atoms with Crippen molar-refractivity contribution in [3.63, 3.8) is 0 Å². The number of hydrogen-bond donors (Lipinski definition) is 2. The van der Waals surface area contributed by atoms with E-state index in [9.17, 15) is 4.79 Å². The fourth-order valence-corrected chi connectivity index (χ4v) is 1.95. The summed E-state index contributed by atoms with van der Waals surface area (Å²) in [6.45, 7) is 4.83. The van der Waals surface area contributed by atoms with Crippen LogP contribution < -0.4 is 10.6 Å². The number of nitrogens with one attached hydrogen (secondary N) is 2. The van der Waals surface area contributed by atoms with Gasteiger partial charge in [-0.05, 0) is 19.1 Å². The number of amides is 1. The van der Waals surface area contributed by atoms with Gasteiger partial charge in [-0.15, -0.1) is 0 Å². The van der Waals surface area contributed by atoms with E-state index in [1.807, 2.05) is 25.1 Å². The van der Waals surface area contributed by atoms with Crippen molar-refractivity contribution in [2.45, 2.75) is 6.92 Å². The summed E-state index contributed by atoms with van der Waals surface area (Å²) in [4.78, 5) is 23.8. The second-order valence-corrected chi connectivity index (χ2v) is 5.13. The van der Waals surface area contributed by atoms with Gasteiger partial charge < -0.3 is 20.1 Å². The molecule has 1 aromatic carbocycles. The van der Waals surface area contributed by atoms with Gasteiger partial charge in [-0.2, -0.15) is 4.98 Å². The molecule has 8 nitrogen and oxygen atoms in total. The van der Waals surface area contributed by atoms with Crippen molar-refractivity contribution in [3.8, 4) is 0 Å². The predicted octanol–water partition coefficient (Wildman–Crippen LogP) is 1.06. The first-order valence-corrected chi connectivity index (χ1v) is 8.14. The van der Waals surface area contributed by atoms with E-state index in [1.165, 1.54) is 6.33 Å². The summed E-state index contributed by atoms with van der Waals surface area (Å²) in [7, 11) is 0. The highest BCUT2D eigenvalue weighted by Crippen LogP contribution is 1.97. The highest BCUT2D eigenvalue weighted by Gasteiger charge is 2.02. The van der Waals surface area contributed by atoms with Gasteiger partial charge in [0.1, 0.15) is 12.2 Å². The molecule has 2 N–H and O–H groups in total. The summed E-state index contributed by atoms with van der Waals surface area (Å²) in [5, 5.41) is 5.85. The van der Waals surface area contributed by atoms with Crippen LogP contribution in [0.15, 0.2) is 36.7 Å². The molecule has 0 saturated carbocycles. The number of rotatable bonds is 11. The molecule has 25 heavy (non-hydrogen) atoms. The lowest BCUT2D eigenvalue weighted by molar-refractivity contribution is 0.0519. The van der Waals surface area contributed by atoms with E-state index in [0.29, 0.717) is 56.9 Å². The topological polar surface area (TPSA) is 98.3 Å². The molecule has 1 heterocycles. The van der Waals surface area contributed by atoms with Gasteiger partial charge in [0, 0.05) is 18.7 Å². The van der Waals surface area contributed by atoms with Crippen LogP contribution in [-0.4, -0.2) is 60.4 Å². The van der Waals surface area contributed by atoms with Gasteiger partial charge in [0.05, 0.1) is 26.4 Å². The van der Waals surface area contributed by atoms with Crippen LogP contribution in [0.2, 0.25) is 0 Å². The van der Waals surface area contributed by atoms with Gasteiger partial charge >= 0.3 is 0 Å². The molecule has 0 saturated heterocycles. The number of hydrogen-bond acceptors (Lipinski definition) is 7. The predicted molar refractivity (Wildman–Crippen MR) is 93.5 cm³/mol. The van der Waals surface area contributed by atoms with Crippen molar-refractivity contribution < 1.29 is 14.3 Å². The molecule has 1 aromatic heterocycles. The molecule has 0 radical (unpaired) electrons. The number of nitrogens with zero attached hydrogens (tertiary/aromatic N) is 3. The Hall–Kier alpha value is -2.58. The maximum absolute atomic E-state index is 11.8. The number of aromatic nitrogens is 3. The minimum absolute atomic E-state index is 0.0971. The zero-order valence-electron chi connectivity index (χ0n) is 14.3. The zero-order valence-corrected chi connectivity index (χ0v) is 14.3. The SMILES string of the molecule is Cc1ncnc(NCCOCCOCCNC(=O)c2ccccc2)n1. The Morgan fingerprint density at radius 2 is 1.72 bits per heavy atom. The third-order valence-electron chi connectivity index (χ3n) is 3.16. The molecule has 0 bridgehead atoms. The van der Waals surface area contributed by atoms with Crippen LogP contribution >= 0.6 is 0 Å². The van der Waals surface area contributed by atoms with Gasteiger partial charge in [-0.25, -0.2) is 9.97 Å². The van der Waals surface area contributed by atoms with Crippen molar-refractivity contribution in [2.75, 3.05) is 44.8 Å². The second-order valence-electron chi connectivity index (χ2n) is 5.13. The molecule has 134 valence electrons. The van der Waals surface area contributed by atoms with Crippen molar-refractivity contribution in [1.29, 1.82) is 0 Å². The number of anilines is 1. The number of carbonyl (C=O) groups is 1. The Balaban J connectivity index is 1.42. The van der Waals surface area contributed by atoms with E-state index < -0.39 is 0 Å². The van der Waals surface area contributed by atoms with Crippen molar-refractivity contribution >= 4 is 11.9 Å². The summed E-state index contributed by atoms with van der Waals surface area (Å²) in [5.74, 6) is 1.12. The smallest absolute Gasteiger partial charge is 0.251 e. The van der Waals surface area contributed by atoms with Crippen LogP contribution in [0.1, 0.15) is 16.2 Å². The first-order chi connectivity index (χ1) is 12.3. The third kappa shape index (κ3) is 7.69. The maximum Gasteiger partial charge on any atom is 0.251 e. The normalized spacial score (nSPS) is 10.4. The second kappa shape index (κ2) is 11.1. The molecule has 2 rings (SSSR count). The number of carbonyl (C=O) groups excluding carboxylic acids is 1. The van der Waals surface area contributed by atoms with Crippen LogP contribution in [0, 0.1) is 6.92 Å². The van der Waals surface area contributed by atoms with Gasteiger partial charge in [0.25, 0.3) is 5.91 Å². The fourth-order valence-electron chi connectivity index (χ4n) is 1.95. The summed E-state index contributed by atoms with van der Waals surface area (Å²) in [6, 6.07) is 9.09. The first-order valence-electron chi connectivity index (χ1n) is 8.14. The van der Waals surface area contributed by atoms with Gasteiger partial charge in [-0.3, -0.25) is 4.79 Å². The van der Waals surface area contributed by atoms with Crippen LogP contribution in [0.5, 0.6) is 0 Å². The molecule has 0 aliphatic carbocycles. The lowest BCUT2D eigenvalue weighted by atomic mass is 10.2. The van der Waals surface area contributed by atoms with E-state index in [0.717, 1.165) is 0 Å². The average Bonchev–Trinajstić information content (AvgIpc) is 2.64. The van der Waals surface area contributed by atoms with Crippen molar-refractivity contribution in [1.82, 2.24) is 20.3 Å². The summed E-state index contributed by atoms with van der Waals surface area (Å²) < 4.78 is 10.8. The highest BCUT2D eigenvalue weighted by molar-refractivity contribution is 5.94.